The smallest absolute Gasteiger partial charge is 0.340 e. The third-order valence-electron chi connectivity index (χ3n) is 4.94. The van der Waals surface area contributed by atoms with Crippen LogP contribution in [0.2, 0.25) is 0 Å². The minimum atomic E-state index is -0.475. The lowest BCUT2D eigenvalue weighted by atomic mass is 10.1. The molecule has 0 N–H and O–H groups in total. The van der Waals surface area contributed by atoms with Gasteiger partial charge in [-0.1, -0.05) is 30.3 Å². The quantitative estimate of drug-likeness (QED) is 0.726. The van der Waals surface area contributed by atoms with Gasteiger partial charge in [-0.05, 0) is 25.5 Å². The van der Waals surface area contributed by atoms with E-state index in [-0.39, 0.29) is 12.5 Å². The number of aryl methyl sites for hydroxylation is 1. The first-order chi connectivity index (χ1) is 14.0. The van der Waals surface area contributed by atoms with E-state index in [1.165, 1.54) is 0 Å². The molecule has 0 aliphatic carbocycles. The number of ether oxygens (including phenoxy) is 1. The Morgan fingerprint density at radius 3 is 2.48 bits per heavy atom. The first kappa shape index (κ1) is 20.3. The highest BCUT2D eigenvalue weighted by atomic mass is 16.5. The number of benzene rings is 1. The molecule has 0 spiro atoms. The van der Waals surface area contributed by atoms with Gasteiger partial charge in [-0.25, -0.2) is 9.78 Å². The number of pyridine rings is 1. The minimum absolute atomic E-state index is 0.0955. The lowest BCUT2D eigenvalue weighted by molar-refractivity contribution is -0.130. The maximum atomic E-state index is 12.6. The highest BCUT2D eigenvalue weighted by molar-refractivity contribution is 5.91. The van der Waals surface area contributed by atoms with Crippen LogP contribution in [-0.2, 0) is 16.0 Å². The zero-order valence-corrected chi connectivity index (χ0v) is 16.7. The first-order valence-corrected chi connectivity index (χ1v) is 9.69. The fourth-order valence-corrected chi connectivity index (χ4v) is 3.38. The number of piperazine rings is 1. The topological polar surface area (TPSA) is 86.5 Å². The van der Waals surface area contributed by atoms with Crippen LogP contribution in [0.5, 0.6) is 0 Å². The summed E-state index contributed by atoms with van der Waals surface area (Å²) in [6.07, 6.45) is 0.385. The lowest BCUT2D eigenvalue weighted by Crippen LogP contribution is -2.49. The second-order valence-electron chi connectivity index (χ2n) is 6.85. The van der Waals surface area contributed by atoms with E-state index < -0.39 is 5.97 Å². The molecule has 1 aromatic heterocycles. The van der Waals surface area contributed by atoms with Crippen LogP contribution in [-0.4, -0.2) is 54.5 Å². The maximum Gasteiger partial charge on any atom is 0.340 e. The number of hydrogen-bond acceptors (Lipinski definition) is 6. The number of hydrogen-bond donors (Lipinski definition) is 0. The number of carbonyl (C=O) groups is 2. The van der Waals surface area contributed by atoms with Gasteiger partial charge in [-0.3, -0.25) is 4.79 Å². The fraction of sp³-hybridized carbons (Fsp3) is 0.364. The Hall–Kier alpha value is -3.40. The molecule has 0 radical (unpaired) electrons. The molecule has 1 aliphatic heterocycles. The molecular formula is C22H24N4O3. The van der Waals surface area contributed by atoms with Gasteiger partial charge in [0.05, 0.1) is 29.8 Å². The lowest BCUT2D eigenvalue weighted by Gasteiger charge is -2.36. The molecule has 1 aromatic carbocycles. The summed E-state index contributed by atoms with van der Waals surface area (Å²) in [7, 11) is 0. The molecule has 1 aliphatic rings. The molecule has 7 nitrogen and oxygen atoms in total. The van der Waals surface area contributed by atoms with Crippen molar-refractivity contribution < 1.29 is 14.3 Å². The average molecular weight is 392 g/mol. The van der Waals surface area contributed by atoms with Crippen molar-refractivity contribution >= 4 is 17.7 Å². The van der Waals surface area contributed by atoms with Crippen LogP contribution in [0.25, 0.3) is 0 Å². The third kappa shape index (κ3) is 4.72. The largest absolute Gasteiger partial charge is 0.462 e. The molecule has 1 amide bonds. The van der Waals surface area contributed by atoms with E-state index in [1.807, 2.05) is 40.1 Å². The monoisotopic (exact) mass is 392 g/mol. The standard InChI is InChI=1S/C22H24N4O3/c1-3-29-22(28)19-14-18(15-23)21(24-16(19)2)26-11-9-25(10-12-26)20(27)13-17-7-5-4-6-8-17/h4-8,14H,3,9-13H2,1-2H3. The van der Waals surface area contributed by atoms with Gasteiger partial charge in [0, 0.05) is 26.2 Å². The van der Waals surface area contributed by atoms with Crippen molar-refractivity contribution in [1.82, 2.24) is 9.88 Å². The second-order valence-corrected chi connectivity index (χ2v) is 6.85. The van der Waals surface area contributed by atoms with Gasteiger partial charge in [-0.15, -0.1) is 0 Å². The van der Waals surface area contributed by atoms with Crippen molar-refractivity contribution in [2.75, 3.05) is 37.7 Å². The molecule has 1 saturated heterocycles. The highest BCUT2D eigenvalue weighted by Crippen LogP contribution is 2.23. The van der Waals surface area contributed by atoms with Gasteiger partial charge in [0.15, 0.2) is 0 Å². The molecule has 150 valence electrons. The molecule has 0 bridgehead atoms. The van der Waals surface area contributed by atoms with Crippen molar-refractivity contribution in [3.63, 3.8) is 0 Å². The SMILES string of the molecule is CCOC(=O)c1cc(C#N)c(N2CCN(C(=O)Cc3ccccc3)CC2)nc1C. The second kappa shape index (κ2) is 9.20. The van der Waals surface area contributed by atoms with Crippen molar-refractivity contribution in [1.29, 1.82) is 5.26 Å². The summed E-state index contributed by atoms with van der Waals surface area (Å²) in [6.45, 7) is 6.03. The number of nitrogens with zero attached hydrogens (tertiary/aromatic N) is 4. The summed E-state index contributed by atoms with van der Waals surface area (Å²) >= 11 is 0. The van der Waals surface area contributed by atoms with Gasteiger partial charge in [0.2, 0.25) is 5.91 Å². The Labute approximate surface area is 170 Å². The molecule has 0 atom stereocenters. The van der Waals surface area contributed by atoms with Crippen molar-refractivity contribution in [3.8, 4) is 6.07 Å². The average Bonchev–Trinajstić information content (AvgIpc) is 2.74. The van der Waals surface area contributed by atoms with Gasteiger partial charge in [0.1, 0.15) is 11.9 Å². The van der Waals surface area contributed by atoms with E-state index in [9.17, 15) is 14.9 Å². The van der Waals surface area contributed by atoms with E-state index >= 15 is 0 Å². The number of rotatable bonds is 5. The molecule has 1 fully saturated rings. The molecule has 29 heavy (non-hydrogen) atoms. The Bertz CT molecular complexity index is 929. The van der Waals surface area contributed by atoms with E-state index in [1.54, 1.807) is 19.9 Å². The predicted molar refractivity (Wildman–Crippen MR) is 109 cm³/mol. The van der Waals surface area contributed by atoms with Crippen LogP contribution in [0.15, 0.2) is 36.4 Å². The number of aromatic nitrogens is 1. The van der Waals surface area contributed by atoms with Crippen LogP contribution >= 0.6 is 0 Å². The van der Waals surface area contributed by atoms with E-state index in [0.717, 1.165) is 5.56 Å². The van der Waals surface area contributed by atoms with Gasteiger partial charge in [-0.2, -0.15) is 5.26 Å². The summed E-state index contributed by atoms with van der Waals surface area (Å²) < 4.78 is 5.04. The number of nitriles is 1. The first-order valence-electron chi connectivity index (χ1n) is 9.69. The Kier molecular flexibility index (Phi) is 6.45. The zero-order chi connectivity index (χ0) is 20.8. The van der Waals surface area contributed by atoms with Gasteiger partial charge >= 0.3 is 5.97 Å². The number of amides is 1. The maximum absolute atomic E-state index is 12.6. The fourth-order valence-electron chi connectivity index (χ4n) is 3.38. The van der Waals surface area contributed by atoms with Crippen LogP contribution < -0.4 is 4.90 Å². The molecule has 2 heterocycles. The van der Waals surface area contributed by atoms with Gasteiger partial charge in [0.25, 0.3) is 0 Å². The molecule has 3 rings (SSSR count). The summed E-state index contributed by atoms with van der Waals surface area (Å²) in [5, 5.41) is 9.55. The summed E-state index contributed by atoms with van der Waals surface area (Å²) in [4.78, 5) is 33.0. The van der Waals surface area contributed by atoms with Gasteiger partial charge < -0.3 is 14.5 Å². The van der Waals surface area contributed by atoms with E-state index in [0.29, 0.717) is 55.2 Å². The molecule has 2 aromatic rings. The van der Waals surface area contributed by atoms with Crippen LogP contribution in [0.3, 0.4) is 0 Å². The number of esters is 1. The van der Waals surface area contributed by atoms with E-state index in [4.69, 9.17) is 4.74 Å². The minimum Gasteiger partial charge on any atom is -0.462 e. The number of carbonyl (C=O) groups excluding carboxylic acids is 2. The third-order valence-corrected chi connectivity index (χ3v) is 4.94. The Morgan fingerprint density at radius 2 is 1.86 bits per heavy atom. The predicted octanol–water partition coefficient (Wildman–Crippen LogP) is 2.33. The molecular weight excluding hydrogens is 368 g/mol. The molecule has 0 unspecified atom stereocenters. The molecule has 7 heteroatoms. The van der Waals surface area contributed by atoms with Crippen molar-refractivity contribution in [3.05, 3.63) is 58.8 Å². The van der Waals surface area contributed by atoms with Crippen LogP contribution in [0.1, 0.15) is 34.1 Å². The summed E-state index contributed by atoms with van der Waals surface area (Å²) in [5.41, 5.74) is 2.17. The van der Waals surface area contributed by atoms with Crippen LogP contribution in [0.4, 0.5) is 5.82 Å². The summed E-state index contributed by atoms with van der Waals surface area (Å²) in [5.74, 6) is 0.170. The summed E-state index contributed by atoms with van der Waals surface area (Å²) in [6, 6.07) is 13.4. The number of anilines is 1. The van der Waals surface area contributed by atoms with Crippen molar-refractivity contribution in [2.24, 2.45) is 0 Å². The Balaban J connectivity index is 1.69. The van der Waals surface area contributed by atoms with E-state index in [2.05, 4.69) is 11.1 Å². The normalized spacial score (nSPS) is 13.7. The highest BCUT2D eigenvalue weighted by Gasteiger charge is 2.25. The molecule has 0 saturated carbocycles. The van der Waals surface area contributed by atoms with Crippen LogP contribution in [0, 0.1) is 18.3 Å². The Morgan fingerprint density at radius 1 is 1.17 bits per heavy atom. The zero-order valence-electron chi connectivity index (χ0n) is 16.7. The van der Waals surface area contributed by atoms with Crippen molar-refractivity contribution in [2.45, 2.75) is 20.3 Å².